The Morgan fingerprint density at radius 1 is 1.03 bits per heavy atom. The Labute approximate surface area is 202 Å². The summed E-state index contributed by atoms with van der Waals surface area (Å²) in [7, 11) is 0. The molecule has 34 heavy (non-hydrogen) atoms. The molecule has 0 aliphatic carbocycles. The van der Waals surface area contributed by atoms with Gasteiger partial charge >= 0.3 is 0 Å². The highest BCUT2D eigenvalue weighted by Crippen LogP contribution is 2.32. The number of H-pyrrole nitrogens is 1. The van der Waals surface area contributed by atoms with Gasteiger partial charge < -0.3 is 4.98 Å². The molecule has 2 N–H and O–H groups in total. The zero-order valence-corrected chi connectivity index (χ0v) is 19.9. The molecule has 3 heterocycles. The summed E-state index contributed by atoms with van der Waals surface area (Å²) in [5, 5.41) is 3.70. The number of carbonyl (C=O) groups is 1. The van der Waals surface area contributed by atoms with E-state index in [4.69, 9.17) is 0 Å². The molecule has 2 aromatic carbocycles. The fraction of sp³-hybridized carbons (Fsp3) is 0.120. The summed E-state index contributed by atoms with van der Waals surface area (Å²) in [6.07, 6.45) is 0.495. The maximum absolute atomic E-state index is 13.3. The van der Waals surface area contributed by atoms with Gasteiger partial charge in [0.25, 0.3) is 11.5 Å². The summed E-state index contributed by atoms with van der Waals surface area (Å²) < 4.78 is 13.3. The predicted octanol–water partition coefficient (Wildman–Crippen LogP) is 5.71. The number of halogens is 1. The van der Waals surface area contributed by atoms with E-state index in [1.54, 1.807) is 19.1 Å². The lowest BCUT2D eigenvalue weighted by Gasteiger charge is -2.01. The second kappa shape index (κ2) is 8.92. The van der Waals surface area contributed by atoms with Crippen molar-refractivity contribution in [3.63, 3.8) is 0 Å². The average Bonchev–Trinajstić information content (AvgIpc) is 3.34. The second-order valence-corrected chi connectivity index (χ2v) is 10.00. The van der Waals surface area contributed by atoms with Gasteiger partial charge in [0, 0.05) is 16.9 Å². The average molecular weight is 491 g/mol. The first-order valence-corrected chi connectivity index (χ1v) is 12.1. The van der Waals surface area contributed by atoms with Gasteiger partial charge in [-0.25, -0.2) is 14.4 Å². The zero-order chi connectivity index (χ0) is 23.8. The van der Waals surface area contributed by atoms with Gasteiger partial charge in [0.1, 0.15) is 16.5 Å². The highest BCUT2D eigenvalue weighted by molar-refractivity contribution is 7.21. The van der Waals surface area contributed by atoms with Crippen molar-refractivity contribution in [3.05, 3.63) is 97.5 Å². The molecule has 5 aromatic rings. The van der Waals surface area contributed by atoms with Crippen LogP contribution in [0, 0.1) is 19.7 Å². The van der Waals surface area contributed by atoms with Crippen molar-refractivity contribution < 1.29 is 9.18 Å². The van der Waals surface area contributed by atoms with Crippen LogP contribution in [0.15, 0.2) is 59.4 Å². The number of rotatable bonds is 5. The number of amides is 1. The van der Waals surface area contributed by atoms with E-state index >= 15 is 0 Å². The Bertz CT molecular complexity index is 1570. The van der Waals surface area contributed by atoms with E-state index in [1.807, 2.05) is 37.3 Å². The monoisotopic (exact) mass is 490 g/mol. The molecular weight excluding hydrogens is 471 g/mol. The summed E-state index contributed by atoms with van der Waals surface area (Å²) in [4.78, 5) is 39.7. The quantitative estimate of drug-likeness (QED) is 0.330. The van der Waals surface area contributed by atoms with Gasteiger partial charge in [0.05, 0.1) is 16.0 Å². The number of hydrogen-bond donors (Lipinski definition) is 2. The highest BCUT2D eigenvalue weighted by Gasteiger charge is 2.21. The maximum Gasteiger partial charge on any atom is 0.267 e. The Kier molecular flexibility index (Phi) is 5.80. The Morgan fingerprint density at radius 3 is 2.50 bits per heavy atom. The Hall–Kier alpha value is -3.69. The van der Waals surface area contributed by atoms with Crippen molar-refractivity contribution in [1.82, 2.24) is 15.0 Å². The molecule has 0 bridgehead atoms. The van der Waals surface area contributed by atoms with Gasteiger partial charge in [-0.15, -0.1) is 22.7 Å². The van der Waals surface area contributed by atoms with Crippen molar-refractivity contribution in [3.8, 4) is 11.3 Å². The third-order valence-corrected chi connectivity index (χ3v) is 7.48. The first-order chi connectivity index (χ1) is 16.4. The van der Waals surface area contributed by atoms with Crippen molar-refractivity contribution in [2.75, 3.05) is 5.32 Å². The van der Waals surface area contributed by atoms with Crippen LogP contribution >= 0.6 is 22.7 Å². The number of thiophene rings is 1. The standard InChI is InChI=1S/C25H19FN4O2S2/c1-13-19-22(31)27-18(12-15-6-4-3-5-7-15)28-24(19)34-21(13)23(32)30-25-29-20(14(2)33-25)16-8-10-17(26)11-9-16/h3-11H,12H2,1-2H3,(H,27,28,31)(H,29,30,32). The van der Waals surface area contributed by atoms with Gasteiger partial charge in [-0.3, -0.25) is 14.9 Å². The van der Waals surface area contributed by atoms with E-state index < -0.39 is 0 Å². The van der Waals surface area contributed by atoms with Crippen molar-refractivity contribution in [2.45, 2.75) is 20.3 Å². The number of thiazole rings is 1. The molecule has 0 unspecified atom stereocenters. The van der Waals surface area contributed by atoms with Crippen LogP contribution in [0.5, 0.6) is 0 Å². The highest BCUT2D eigenvalue weighted by atomic mass is 32.1. The van der Waals surface area contributed by atoms with Crippen LogP contribution in [-0.4, -0.2) is 20.9 Å². The topological polar surface area (TPSA) is 87.7 Å². The molecule has 0 saturated carbocycles. The summed E-state index contributed by atoms with van der Waals surface area (Å²) in [6, 6.07) is 15.8. The summed E-state index contributed by atoms with van der Waals surface area (Å²) in [5.41, 5.74) is 2.83. The number of nitrogens with one attached hydrogen (secondary N) is 2. The van der Waals surface area contributed by atoms with Gasteiger partial charge in [-0.2, -0.15) is 0 Å². The molecule has 0 saturated heterocycles. The van der Waals surface area contributed by atoms with E-state index in [1.165, 1.54) is 34.8 Å². The molecule has 0 atom stereocenters. The minimum atomic E-state index is -0.344. The van der Waals surface area contributed by atoms with E-state index in [0.717, 1.165) is 16.0 Å². The van der Waals surface area contributed by atoms with Crippen LogP contribution in [0.4, 0.5) is 9.52 Å². The fourth-order valence-corrected chi connectivity index (χ4v) is 5.68. The normalized spacial score (nSPS) is 11.1. The van der Waals surface area contributed by atoms with Crippen LogP contribution in [0.3, 0.4) is 0 Å². The molecule has 170 valence electrons. The van der Waals surface area contributed by atoms with Crippen molar-refractivity contribution in [2.24, 2.45) is 0 Å². The molecule has 3 aromatic heterocycles. The lowest BCUT2D eigenvalue weighted by molar-refractivity contribution is 0.103. The van der Waals surface area contributed by atoms with Crippen molar-refractivity contribution in [1.29, 1.82) is 0 Å². The molecule has 0 spiro atoms. The van der Waals surface area contributed by atoms with Gasteiger partial charge in [0.15, 0.2) is 5.13 Å². The fourth-order valence-electron chi connectivity index (χ4n) is 3.76. The number of aromatic nitrogens is 3. The number of nitrogens with zero attached hydrogens (tertiary/aromatic N) is 2. The molecule has 9 heteroatoms. The van der Waals surface area contributed by atoms with Crippen molar-refractivity contribution >= 4 is 43.9 Å². The van der Waals surface area contributed by atoms with Crippen LogP contribution in [0.25, 0.3) is 21.5 Å². The van der Waals surface area contributed by atoms with E-state index in [9.17, 15) is 14.0 Å². The summed E-state index contributed by atoms with van der Waals surface area (Å²) in [5.74, 6) is -0.110. The molecule has 1 amide bonds. The second-order valence-electron chi connectivity index (χ2n) is 7.80. The lowest BCUT2D eigenvalue weighted by atomic mass is 10.1. The maximum atomic E-state index is 13.3. The van der Waals surface area contributed by atoms with Crippen LogP contribution in [0.2, 0.25) is 0 Å². The smallest absolute Gasteiger partial charge is 0.267 e. The summed E-state index contributed by atoms with van der Waals surface area (Å²) in [6.45, 7) is 3.65. The minimum Gasteiger partial charge on any atom is -0.310 e. The zero-order valence-electron chi connectivity index (χ0n) is 18.3. The molecule has 0 radical (unpaired) electrons. The number of benzene rings is 2. The molecular formula is C25H19FN4O2S2. The number of carbonyl (C=O) groups excluding carboxylic acids is 1. The third-order valence-electron chi connectivity index (χ3n) is 5.40. The van der Waals surface area contributed by atoms with Gasteiger partial charge in [0.2, 0.25) is 0 Å². The van der Waals surface area contributed by atoms with Gasteiger partial charge in [-0.05, 0) is 49.2 Å². The Balaban J connectivity index is 1.43. The Morgan fingerprint density at radius 2 is 1.76 bits per heavy atom. The molecule has 5 rings (SSSR count). The number of aryl methyl sites for hydroxylation is 2. The molecule has 6 nitrogen and oxygen atoms in total. The van der Waals surface area contributed by atoms with E-state index in [0.29, 0.717) is 43.7 Å². The van der Waals surface area contributed by atoms with Crippen LogP contribution in [-0.2, 0) is 6.42 Å². The SMILES string of the molecule is Cc1sc(NC(=O)c2sc3nc(Cc4ccccc4)[nH]c(=O)c3c2C)nc1-c1ccc(F)cc1. The van der Waals surface area contributed by atoms with E-state index in [2.05, 4.69) is 20.3 Å². The largest absolute Gasteiger partial charge is 0.310 e. The number of aromatic amines is 1. The number of fused-ring (bicyclic) bond motifs is 1. The minimum absolute atomic E-state index is 0.257. The molecule has 0 aliphatic heterocycles. The summed E-state index contributed by atoms with van der Waals surface area (Å²) >= 11 is 2.53. The number of hydrogen-bond acceptors (Lipinski definition) is 6. The van der Waals surface area contributed by atoms with E-state index in [-0.39, 0.29) is 17.3 Å². The lowest BCUT2D eigenvalue weighted by Crippen LogP contribution is -2.13. The predicted molar refractivity (Wildman–Crippen MR) is 134 cm³/mol. The van der Waals surface area contributed by atoms with Gasteiger partial charge in [-0.1, -0.05) is 30.3 Å². The third kappa shape index (κ3) is 4.27. The van der Waals surface area contributed by atoms with Crippen LogP contribution in [0.1, 0.15) is 31.5 Å². The number of anilines is 1. The molecule has 0 fully saturated rings. The molecule has 0 aliphatic rings. The van der Waals surface area contributed by atoms with Crippen LogP contribution < -0.4 is 10.9 Å². The first kappa shape index (κ1) is 22.1. The first-order valence-electron chi connectivity index (χ1n) is 10.5.